The summed E-state index contributed by atoms with van der Waals surface area (Å²) in [5.41, 5.74) is 0.298. The number of nitrogens with one attached hydrogen (secondary N) is 4. The highest BCUT2D eigenvalue weighted by molar-refractivity contribution is 5.85. The summed E-state index contributed by atoms with van der Waals surface area (Å²) in [6.07, 6.45) is 3.91. The third-order valence-electron chi connectivity index (χ3n) is 12.1. The van der Waals surface area contributed by atoms with E-state index in [1.54, 1.807) is 55.4 Å². The second kappa shape index (κ2) is 11.7. The average molecular weight is 681 g/mol. The van der Waals surface area contributed by atoms with Gasteiger partial charge in [-0.2, -0.15) is 0 Å². The molecule has 0 radical (unpaired) electrons. The summed E-state index contributed by atoms with van der Waals surface area (Å²) >= 11 is 0. The SMILES string of the molecule is CC1([C@H](NC(=O)C(C)(C)C(C)(C)O)c2nc3ccc(C#Cc4ccc5nc([C@@H](NC(=O)C(C)(C)C(C)(C)O)C6(C)CC6)[nH]c5c4)cc3[nH]2)CC1. The van der Waals surface area contributed by atoms with Crippen molar-refractivity contribution in [2.75, 3.05) is 0 Å². The van der Waals surface area contributed by atoms with E-state index < -0.39 is 22.0 Å². The van der Waals surface area contributed by atoms with E-state index >= 15 is 0 Å². The molecule has 6 rings (SSSR count). The van der Waals surface area contributed by atoms with E-state index in [1.165, 1.54) is 0 Å². The van der Waals surface area contributed by atoms with Crippen molar-refractivity contribution in [3.05, 3.63) is 59.2 Å². The largest absolute Gasteiger partial charge is 0.389 e. The molecule has 6 N–H and O–H groups in total. The molecular formula is C40H52N6O4. The fourth-order valence-corrected chi connectivity index (χ4v) is 5.93. The van der Waals surface area contributed by atoms with Crippen molar-refractivity contribution in [1.82, 2.24) is 30.6 Å². The molecule has 2 atom stereocenters. The van der Waals surface area contributed by atoms with Crippen molar-refractivity contribution in [3.8, 4) is 11.8 Å². The van der Waals surface area contributed by atoms with Gasteiger partial charge in [-0.1, -0.05) is 25.7 Å². The van der Waals surface area contributed by atoms with E-state index in [1.807, 2.05) is 36.4 Å². The second-order valence-corrected chi connectivity index (χ2v) is 17.4. The molecule has 2 saturated carbocycles. The zero-order valence-electron chi connectivity index (χ0n) is 31.1. The van der Waals surface area contributed by atoms with Crippen LogP contribution in [0.25, 0.3) is 22.1 Å². The summed E-state index contributed by atoms with van der Waals surface area (Å²) in [6.45, 7) is 18.0. The van der Waals surface area contributed by atoms with Crippen LogP contribution in [0.5, 0.6) is 0 Å². The number of benzene rings is 2. The van der Waals surface area contributed by atoms with Crippen molar-refractivity contribution in [2.24, 2.45) is 21.7 Å². The Labute approximate surface area is 294 Å². The van der Waals surface area contributed by atoms with Crippen LogP contribution in [-0.2, 0) is 9.59 Å². The molecule has 2 amide bonds. The molecule has 2 aliphatic carbocycles. The molecule has 266 valence electrons. The van der Waals surface area contributed by atoms with Crippen LogP contribution in [0.2, 0.25) is 0 Å². The first kappa shape index (κ1) is 35.6. The molecule has 10 nitrogen and oxygen atoms in total. The minimum absolute atomic E-state index is 0.109. The second-order valence-electron chi connectivity index (χ2n) is 17.4. The number of hydrogen-bond acceptors (Lipinski definition) is 6. The third-order valence-corrected chi connectivity index (χ3v) is 12.1. The molecule has 2 fully saturated rings. The summed E-state index contributed by atoms with van der Waals surface area (Å²) in [7, 11) is 0. The predicted molar refractivity (Wildman–Crippen MR) is 195 cm³/mol. The number of imidazole rings is 2. The Morgan fingerprint density at radius 2 is 1.02 bits per heavy atom. The van der Waals surface area contributed by atoms with Crippen molar-refractivity contribution in [1.29, 1.82) is 0 Å². The minimum atomic E-state index is -1.19. The van der Waals surface area contributed by atoms with Gasteiger partial charge in [0.1, 0.15) is 11.6 Å². The fraction of sp³-hybridized carbons (Fsp3) is 0.550. The molecule has 50 heavy (non-hydrogen) atoms. The van der Waals surface area contributed by atoms with E-state index in [2.05, 4.69) is 46.3 Å². The predicted octanol–water partition coefficient (Wildman–Crippen LogP) is 6.35. The van der Waals surface area contributed by atoms with Crippen LogP contribution in [-0.4, -0.2) is 53.2 Å². The van der Waals surface area contributed by atoms with Gasteiger partial charge in [-0.3, -0.25) is 9.59 Å². The van der Waals surface area contributed by atoms with Crippen LogP contribution in [0, 0.1) is 33.5 Å². The van der Waals surface area contributed by atoms with Crippen LogP contribution in [0.3, 0.4) is 0 Å². The summed E-state index contributed by atoms with van der Waals surface area (Å²) < 4.78 is 0. The average Bonchev–Trinajstić information content (AvgIpc) is 3.85. The maximum absolute atomic E-state index is 13.4. The number of nitrogens with zero attached hydrogens (tertiary/aromatic N) is 2. The van der Waals surface area contributed by atoms with Gasteiger partial charge < -0.3 is 30.8 Å². The Hall–Kier alpha value is -4.20. The molecule has 2 aromatic carbocycles. The van der Waals surface area contributed by atoms with E-state index in [9.17, 15) is 19.8 Å². The molecule has 2 heterocycles. The topological polar surface area (TPSA) is 156 Å². The maximum Gasteiger partial charge on any atom is 0.229 e. The minimum Gasteiger partial charge on any atom is -0.389 e. The van der Waals surface area contributed by atoms with E-state index in [0.29, 0.717) is 11.6 Å². The number of aromatic nitrogens is 4. The van der Waals surface area contributed by atoms with Crippen LogP contribution in [0.15, 0.2) is 36.4 Å². The molecule has 0 unspecified atom stereocenters. The highest BCUT2D eigenvalue weighted by Gasteiger charge is 2.52. The van der Waals surface area contributed by atoms with Crippen LogP contribution >= 0.6 is 0 Å². The Balaban J connectivity index is 1.23. The van der Waals surface area contributed by atoms with Gasteiger partial charge in [-0.15, -0.1) is 0 Å². The number of amides is 2. The first-order chi connectivity index (χ1) is 23.0. The van der Waals surface area contributed by atoms with Gasteiger partial charge >= 0.3 is 0 Å². The van der Waals surface area contributed by atoms with Gasteiger partial charge in [0.2, 0.25) is 11.8 Å². The maximum atomic E-state index is 13.4. The Kier molecular flexibility index (Phi) is 8.32. The number of aromatic amines is 2. The number of aliphatic hydroxyl groups is 2. The first-order valence-corrected chi connectivity index (χ1v) is 17.6. The van der Waals surface area contributed by atoms with Crippen LogP contribution in [0.1, 0.15) is 130 Å². The number of H-pyrrole nitrogens is 2. The van der Waals surface area contributed by atoms with Gasteiger partial charge in [-0.25, -0.2) is 9.97 Å². The molecular weight excluding hydrogens is 628 g/mol. The van der Waals surface area contributed by atoms with Gasteiger partial charge in [0.15, 0.2) is 0 Å². The summed E-state index contributed by atoms with van der Waals surface area (Å²) in [6, 6.07) is 11.1. The molecule has 0 spiro atoms. The smallest absolute Gasteiger partial charge is 0.229 e. The van der Waals surface area contributed by atoms with Crippen molar-refractivity contribution < 1.29 is 19.8 Å². The molecule has 4 aromatic rings. The van der Waals surface area contributed by atoms with Gasteiger partial charge in [0, 0.05) is 11.1 Å². The molecule has 0 bridgehead atoms. The lowest BCUT2D eigenvalue weighted by molar-refractivity contribution is -0.144. The van der Waals surface area contributed by atoms with E-state index in [4.69, 9.17) is 9.97 Å². The number of carbonyl (C=O) groups excluding carboxylic acids is 2. The Bertz CT molecular complexity index is 1890. The van der Waals surface area contributed by atoms with Crippen molar-refractivity contribution in [3.63, 3.8) is 0 Å². The Morgan fingerprint density at radius 3 is 1.32 bits per heavy atom. The lowest BCUT2D eigenvalue weighted by Crippen LogP contribution is -2.52. The van der Waals surface area contributed by atoms with Gasteiger partial charge in [0.25, 0.3) is 0 Å². The number of rotatable bonds is 10. The van der Waals surface area contributed by atoms with Gasteiger partial charge in [0.05, 0.1) is 56.2 Å². The van der Waals surface area contributed by atoms with Crippen LogP contribution < -0.4 is 10.6 Å². The summed E-state index contributed by atoms with van der Waals surface area (Å²) in [4.78, 5) is 43.4. The fourth-order valence-electron chi connectivity index (χ4n) is 5.93. The Morgan fingerprint density at radius 1 is 0.680 bits per heavy atom. The summed E-state index contributed by atoms with van der Waals surface area (Å²) in [5.74, 6) is 7.52. The first-order valence-electron chi connectivity index (χ1n) is 17.6. The number of hydrogen-bond donors (Lipinski definition) is 6. The molecule has 2 aliphatic rings. The lowest BCUT2D eigenvalue weighted by Gasteiger charge is -2.37. The van der Waals surface area contributed by atoms with Gasteiger partial charge in [-0.05, 0) is 128 Å². The zero-order valence-corrected chi connectivity index (χ0v) is 31.1. The zero-order chi connectivity index (χ0) is 36.7. The molecule has 0 saturated heterocycles. The van der Waals surface area contributed by atoms with E-state index in [0.717, 1.165) is 58.9 Å². The quantitative estimate of drug-likeness (QED) is 0.107. The number of fused-ring (bicyclic) bond motifs is 2. The normalized spacial score (nSPS) is 18.2. The lowest BCUT2D eigenvalue weighted by atomic mass is 9.76. The highest BCUT2D eigenvalue weighted by Crippen LogP contribution is 2.55. The highest BCUT2D eigenvalue weighted by atomic mass is 16.3. The summed E-state index contributed by atoms with van der Waals surface area (Å²) in [5, 5.41) is 27.7. The standard InChI is InChI=1S/C40H52N6O4/c1-35(2,37(5,6)49)33(47)45-29(39(9)17-18-39)31-41-25-15-13-23(21-27(25)43-31)11-12-24-14-16-26-28(22-24)44-32(42-26)30(40(10)19-20-40)46-34(48)36(3,4)38(7,8)50/h13-16,21-22,29-30,49-50H,17-20H2,1-10H3,(H,41,43)(H,42,44)(H,45,47)(H,46,48)/t29-,30-/m1/s1. The molecule has 0 aliphatic heterocycles. The van der Waals surface area contributed by atoms with E-state index in [-0.39, 0.29) is 34.7 Å². The number of carbonyl (C=O) groups is 2. The van der Waals surface area contributed by atoms with Crippen molar-refractivity contribution in [2.45, 2.75) is 118 Å². The van der Waals surface area contributed by atoms with Crippen molar-refractivity contribution >= 4 is 33.9 Å². The third kappa shape index (κ3) is 6.54. The molecule has 2 aromatic heterocycles. The molecule has 10 heteroatoms. The monoisotopic (exact) mass is 680 g/mol. The van der Waals surface area contributed by atoms with Crippen LogP contribution in [0.4, 0.5) is 0 Å².